The van der Waals surface area contributed by atoms with Crippen molar-refractivity contribution in [2.75, 3.05) is 12.0 Å². The Labute approximate surface area is 127 Å². The molecule has 0 spiro atoms. The molecule has 2 atom stereocenters. The van der Waals surface area contributed by atoms with Crippen molar-refractivity contribution in [1.82, 2.24) is 5.32 Å². The van der Waals surface area contributed by atoms with Gasteiger partial charge in [-0.3, -0.25) is 4.79 Å². The van der Waals surface area contributed by atoms with Crippen LogP contribution in [-0.4, -0.2) is 23.5 Å². The van der Waals surface area contributed by atoms with Crippen molar-refractivity contribution in [3.8, 4) is 0 Å². The summed E-state index contributed by atoms with van der Waals surface area (Å²) >= 11 is 13.7. The van der Waals surface area contributed by atoms with Crippen LogP contribution in [0.2, 0.25) is 10.0 Å². The maximum atomic E-state index is 12.2. The monoisotopic (exact) mass is 318 g/mol. The molecule has 2 rings (SSSR count). The first-order chi connectivity index (χ1) is 9.02. The van der Waals surface area contributed by atoms with Crippen LogP contribution < -0.4 is 11.1 Å². The molecule has 0 bridgehead atoms. The van der Waals surface area contributed by atoms with Crippen LogP contribution in [0.25, 0.3) is 0 Å². The van der Waals surface area contributed by atoms with Gasteiger partial charge < -0.3 is 11.1 Å². The second kappa shape index (κ2) is 6.25. The lowest BCUT2D eigenvalue weighted by atomic mass is 10.1. The number of hydrogen-bond donors (Lipinski definition) is 2. The number of nitrogens with two attached hydrogens (primary N) is 1. The summed E-state index contributed by atoms with van der Waals surface area (Å²) in [4.78, 5) is 12.2. The normalized spacial score (nSPS) is 22.5. The molecule has 0 saturated heterocycles. The van der Waals surface area contributed by atoms with Gasteiger partial charge in [0.25, 0.3) is 5.91 Å². The molecule has 6 heteroatoms. The molecule has 0 aliphatic heterocycles. The van der Waals surface area contributed by atoms with E-state index >= 15 is 0 Å². The van der Waals surface area contributed by atoms with Crippen molar-refractivity contribution >= 4 is 46.6 Å². The molecule has 104 valence electrons. The van der Waals surface area contributed by atoms with Gasteiger partial charge in [-0.1, -0.05) is 29.6 Å². The van der Waals surface area contributed by atoms with E-state index in [9.17, 15) is 4.79 Å². The SMILES string of the molecule is CSC1CCCC1NC(=O)c1cc(Cl)c(N)c(Cl)c1. The van der Waals surface area contributed by atoms with Crippen LogP contribution in [0, 0.1) is 0 Å². The van der Waals surface area contributed by atoms with Crippen molar-refractivity contribution in [2.45, 2.75) is 30.6 Å². The van der Waals surface area contributed by atoms with Crippen LogP contribution in [0.1, 0.15) is 29.6 Å². The van der Waals surface area contributed by atoms with Crippen LogP contribution in [0.4, 0.5) is 5.69 Å². The highest BCUT2D eigenvalue weighted by Crippen LogP contribution is 2.30. The first-order valence-electron chi connectivity index (χ1n) is 6.11. The molecule has 1 saturated carbocycles. The zero-order valence-corrected chi connectivity index (χ0v) is 12.9. The van der Waals surface area contributed by atoms with Gasteiger partial charge in [0, 0.05) is 16.9 Å². The van der Waals surface area contributed by atoms with Crippen molar-refractivity contribution in [3.05, 3.63) is 27.7 Å². The molecule has 1 amide bonds. The highest BCUT2D eigenvalue weighted by atomic mass is 35.5. The molecule has 1 fully saturated rings. The number of thioether (sulfide) groups is 1. The van der Waals surface area contributed by atoms with Crippen molar-refractivity contribution in [1.29, 1.82) is 0 Å². The summed E-state index contributed by atoms with van der Waals surface area (Å²) in [6, 6.07) is 3.33. The number of carbonyl (C=O) groups is 1. The second-order valence-corrected chi connectivity index (χ2v) is 6.53. The number of rotatable bonds is 3. The van der Waals surface area contributed by atoms with Crippen LogP contribution in [-0.2, 0) is 0 Å². The second-order valence-electron chi connectivity index (χ2n) is 4.64. The minimum Gasteiger partial charge on any atom is -0.396 e. The Balaban J connectivity index is 2.12. The summed E-state index contributed by atoms with van der Waals surface area (Å²) in [5, 5.41) is 4.16. The minimum atomic E-state index is -0.144. The molecule has 1 aliphatic rings. The number of benzene rings is 1. The number of anilines is 1. The average Bonchev–Trinajstić information content (AvgIpc) is 2.82. The number of nitrogen functional groups attached to an aromatic ring is 1. The topological polar surface area (TPSA) is 55.1 Å². The summed E-state index contributed by atoms with van der Waals surface area (Å²) in [7, 11) is 0. The molecule has 2 unspecified atom stereocenters. The van der Waals surface area contributed by atoms with Crippen molar-refractivity contribution in [3.63, 3.8) is 0 Å². The molecule has 0 aromatic heterocycles. The van der Waals surface area contributed by atoms with Crippen LogP contribution in [0.5, 0.6) is 0 Å². The number of amides is 1. The lowest BCUT2D eigenvalue weighted by Crippen LogP contribution is -2.38. The molecular formula is C13H16Cl2N2OS. The van der Waals surface area contributed by atoms with Gasteiger partial charge in [-0.25, -0.2) is 0 Å². The van der Waals surface area contributed by atoms with E-state index in [-0.39, 0.29) is 11.9 Å². The molecule has 1 aliphatic carbocycles. The van der Waals surface area contributed by atoms with Gasteiger partial charge in [0.05, 0.1) is 15.7 Å². The molecule has 1 aromatic rings. The molecule has 3 N–H and O–H groups in total. The van der Waals surface area contributed by atoms with Gasteiger partial charge in [-0.15, -0.1) is 0 Å². The molecular weight excluding hydrogens is 303 g/mol. The highest BCUT2D eigenvalue weighted by Gasteiger charge is 2.28. The van der Waals surface area contributed by atoms with Crippen molar-refractivity contribution < 1.29 is 4.79 Å². The third-order valence-electron chi connectivity index (χ3n) is 3.41. The number of halogens is 2. The first-order valence-corrected chi connectivity index (χ1v) is 8.15. The summed E-state index contributed by atoms with van der Waals surface area (Å²) in [6.07, 6.45) is 5.40. The van der Waals surface area contributed by atoms with Crippen LogP contribution >= 0.6 is 35.0 Å². The third kappa shape index (κ3) is 3.30. The maximum Gasteiger partial charge on any atom is 0.251 e. The van der Waals surface area contributed by atoms with Gasteiger partial charge in [0.1, 0.15) is 0 Å². The Kier molecular flexibility index (Phi) is 4.87. The first kappa shape index (κ1) is 14.8. The van der Waals surface area contributed by atoms with E-state index in [1.54, 1.807) is 23.9 Å². The fourth-order valence-electron chi connectivity index (χ4n) is 2.34. The van der Waals surface area contributed by atoms with Crippen LogP contribution in [0.15, 0.2) is 12.1 Å². The van der Waals surface area contributed by atoms with E-state index in [1.165, 1.54) is 0 Å². The fourth-order valence-corrected chi connectivity index (χ4v) is 3.76. The van der Waals surface area contributed by atoms with E-state index in [2.05, 4.69) is 11.6 Å². The van der Waals surface area contributed by atoms with Crippen molar-refractivity contribution in [2.24, 2.45) is 0 Å². The molecule has 0 heterocycles. The Morgan fingerprint density at radius 3 is 2.58 bits per heavy atom. The number of carbonyl (C=O) groups excluding carboxylic acids is 1. The van der Waals surface area contributed by atoms with Gasteiger partial charge in [0.2, 0.25) is 0 Å². The largest absolute Gasteiger partial charge is 0.396 e. The summed E-state index contributed by atoms with van der Waals surface area (Å²) in [5.74, 6) is -0.144. The lowest BCUT2D eigenvalue weighted by molar-refractivity contribution is 0.0938. The number of hydrogen-bond acceptors (Lipinski definition) is 3. The van der Waals surface area contributed by atoms with E-state index in [0.717, 1.165) is 19.3 Å². The average molecular weight is 319 g/mol. The highest BCUT2D eigenvalue weighted by molar-refractivity contribution is 7.99. The van der Waals surface area contributed by atoms with E-state index in [0.29, 0.717) is 26.5 Å². The summed E-state index contributed by atoms with van der Waals surface area (Å²) in [5.41, 5.74) is 6.42. The predicted octanol–water partition coefficient (Wildman–Crippen LogP) is 3.59. The Bertz CT molecular complexity index is 473. The molecule has 1 aromatic carbocycles. The lowest BCUT2D eigenvalue weighted by Gasteiger charge is -2.19. The number of nitrogens with one attached hydrogen (secondary N) is 1. The fraction of sp³-hybridized carbons (Fsp3) is 0.462. The Morgan fingerprint density at radius 1 is 1.37 bits per heavy atom. The van der Waals surface area contributed by atoms with Gasteiger partial charge >= 0.3 is 0 Å². The summed E-state index contributed by atoms with van der Waals surface area (Å²) < 4.78 is 0. The van der Waals surface area contributed by atoms with Crippen LogP contribution in [0.3, 0.4) is 0 Å². The third-order valence-corrected chi connectivity index (χ3v) is 5.21. The molecule has 19 heavy (non-hydrogen) atoms. The van der Waals surface area contributed by atoms with Gasteiger partial charge in [-0.2, -0.15) is 11.8 Å². The summed E-state index contributed by atoms with van der Waals surface area (Å²) in [6.45, 7) is 0. The smallest absolute Gasteiger partial charge is 0.251 e. The zero-order valence-electron chi connectivity index (χ0n) is 10.6. The van der Waals surface area contributed by atoms with E-state index < -0.39 is 0 Å². The standard InChI is InChI=1S/C13H16Cl2N2OS/c1-19-11-4-2-3-10(11)17-13(18)7-5-8(14)12(16)9(15)6-7/h5-6,10-11H,2-4,16H2,1H3,(H,17,18). The predicted molar refractivity (Wildman–Crippen MR) is 83.3 cm³/mol. The molecule has 3 nitrogen and oxygen atoms in total. The zero-order chi connectivity index (χ0) is 14.0. The minimum absolute atomic E-state index is 0.144. The quantitative estimate of drug-likeness (QED) is 0.837. The van der Waals surface area contributed by atoms with Gasteiger partial charge in [0.15, 0.2) is 0 Å². The Morgan fingerprint density at radius 2 is 2.00 bits per heavy atom. The van der Waals surface area contributed by atoms with E-state index in [4.69, 9.17) is 28.9 Å². The molecule has 0 radical (unpaired) electrons. The van der Waals surface area contributed by atoms with E-state index in [1.807, 2.05) is 0 Å². The Hall–Kier alpha value is -0.580. The van der Waals surface area contributed by atoms with Gasteiger partial charge in [-0.05, 0) is 31.2 Å². The maximum absolute atomic E-state index is 12.2.